The Kier molecular flexibility index (Phi) is 3.38. The summed E-state index contributed by atoms with van der Waals surface area (Å²) >= 11 is 0. The molecule has 0 radical (unpaired) electrons. The Morgan fingerprint density at radius 2 is 2.08 bits per heavy atom. The summed E-state index contributed by atoms with van der Waals surface area (Å²) in [6.45, 7) is 5.35. The van der Waals surface area contributed by atoms with Crippen molar-refractivity contribution in [3.05, 3.63) is 42.2 Å². The van der Waals surface area contributed by atoms with Crippen molar-refractivity contribution in [2.75, 3.05) is 0 Å². The van der Waals surface area contributed by atoms with Crippen molar-refractivity contribution in [3.8, 4) is 0 Å². The average molecular weight is 175 g/mol. The van der Waals surface area contributed by atoms with Crippen molar-refractivity contribution in [3.63, 3.8) is 0 Å². The number of aryl methyl sites for hydroxylation is 1. The zero-order valence-corrected chi connectivity index (χ0v) is 7.79. The number of hydrogen-bond acceptors (Lipinski definition) is 2. The summed E-state index contributed by atoms with van der Waals surface area (Å²) in [6, 6.07) is 3.84. The Hall–Kier alpha value is -1.44. The Bertz CT molecular complexity index is 303. The Balaban J connectivity index is 2.44. The Labute approximate surface area is 78.3 Å². The van der Waals surface area contributed by atoms with Gasteiger partial charge in [0.1, 0.15) is 0 Å². The van der Waals surface area contributed by atoms with E-state index in [9.17, 15) is 4.79 Å². The first-order valence-corrected chi connectivity index (χ1v) is 4.28. The molecule has 0 saturated heterocycles. The van der Waals surface area contributed by atoms with Gasteiger partial charge in [-0.2, -0.15) is 0 Å². The molecule has 1 aromatic rings. The third-order valence-electron chi connectivity index (χ3n) is 1.87. The molecule has 0 fully saturated rings. The van der Waals surface area contributed by atoms with Crippen LogP contribution in [0.5, 0.6) is 0 Å². The highest BCUT2D eigenvalue weighted by molar-refractivity contribution is 5.94. The van der Waals surface area contributed by atoms with E-state index in [1.54, 1.807) is 19.3 Å². The predicted molar refractivity (Wildman–Crippen MR) is 52.4 cm³/mol. The number of Topliss-reactive ketones (excluding diaryl/α,β-unsaturated/α-hetero) is 1. The lowest BCUT2D eigenvalue weighted by Crippen LogP contribution is -2.00. The minimum atomic E-state index is 0.136. The summed E-state index contributed by atoms with van der Waals surface area (Å²) in [4.78, 5) is 15.1. The van der Waals surface area contributed by atoms with E-state index in [0.29, 0.717) is 12.0 Å². The maximum atomic E-state index is 11.2. The van der Waals surface area contributed by atoms with Crippen molar-refractivity contribution in [2.24, 2.45) is 0 Å². The normalized spacial score (nSPS) is 9.62. The van der Waals surface area contributed by atoms with E-state index >= 15 is 0 Å². The van der Waals surface area contributed by atoms with Gasteiger partial charge in [0.05, 0.1) is 0 Å². The minimum Gasteiger partial charge on any atom is -0.295 e. The molecule has 1 heterocycles. The number of pyridine rings is 1. The first-order chi connectivity index (χ1) is 6.20. The highest BCUT2D eigenvalue weighted by Crippen LogP contribution is 2.04. The first-order valence-electron chi connectivity index (χ1n) is 4.28. The van der Waals surface area contributed by atoms with Gasteiger partial charge in [0, 0.05) is 18.8 Å². The molecule has 0 bridgehead atoms. The number of allylic oxidation sites excluding steroid dienone is 1. The van der Waals surface area contributed by atoms with E-state index in [4.69, 9.17) is 0 Å². The summed E-state index contributed by atoms with van der Waals surface area (Å²) in [5.74, 6) is 0.136. The molecule has 0 aliphatic carbocycles. The lowest BCUT2D eigenvalue weighted by Gasteiger charge is -1.99. The van der Waals surface area contributed by atoms with Crippen molar-refractivity contribution >= 4 is 5.78 Å². The predicted octanol–water partition coefficient (Wildman–Crippen LogP) is 2.16. The molecule has 1 aromatic heterocycles. The molecule has 0 unspecified atom stereocenters. The Morgan fingerprint density at radius 3 is 2.62 bits per heavy atom. The molecule has 0 aliphatic rings. The summed E-state index contributed by atoms with van der Waals surface area (Å²) in [5.41, 5.74) is 1.78. The molecule has 2 nitrogen and oxygen atoms in total. The minimum absolute atomic E-state index is 0.136. The molecule has 2 heteroatoms. The molecule has 0 aliphatic heterocycles. The fourth-order valence-electron chi connectivity index (χ4n) is 1.02. The number of carbonyl (C=O) groups excluding carboxylic acids is 1. The summed E-state index contributed by atoms with van der Waals surface area (Å²) in [6.07, 6.45) is 4.79. The van der Waals surface area contributed by atoms with Gasteiger partial charge in [-0.3, -0.25) is 9.78 Å². The average Bonchev–Trinajstić information content (AvgIpc) is 2.15. The van der Waals surface area contributed by atoms with Crippen LogP contribution in [-0.2, 0) is 11.2 Å². The number of rotatable bonds is 4. The largest absolute Gasteiger partial charge is 0.295 e. The van der Waals surface area contributed by atoms with Gasteiger partial charge < -0.3 is 0 Å². The van der Waals surface area contributed by atoms with Crippen LogP contribution < -0.4 is 0 Å². The lowest BCUT2D eigenvalue weighted by molar-refractivity contribution is -0.115. The van der Waals surface area contributed by atoms with Crippen molar-refractivity contribution < 1.29 is 4.79 Å². The molecule has 13 heavy (non-hydrogen) atoms. The molecule has 1 rings (SSSR count). The third kappa shape index (κ3) is 3.20. The maximum Gasteiger partial charge on any atom is 0.158 e. The van der Waals surface area contributed by atoms with E-state index in [-0.39, 0.29) is 5.78 Å². The number of nitrogens with zero attached hydrogens (tertiary/aromatic N) is 1. The van der Waals surface area contributed by atoms with Crippen LogP contribution >= 0.6 is 0 Å². The zero-order chi connectivity index (χ0) is 9.68. The first kappa shape index (κ1) is 9.65. The second-order valence-corrected chi connectivity index (χ2v) is 3.06. The zero-order valence-electron chi connectivity index (χ0n) is 7.79. The van der Waals surface area contributed by atoms with Gasteiger partial charge in [0.25, 0.3) is 0 Å². The number of hydrogen-bond donors (Lipinski definition) is 0. The fraction of sp³-hybridized carbons (Fsp3) is 0.273. The molecule has 0 spiro atoms. The third-order valence-corrected chi connectivity index (χ3v) is 1.87. The van der Waals surface area contributed by atoms with Gasteiger partial charge in [-0.1, -0.05) is 6.58 Å². The van der Waals surface area contributed by atoms with Gasteiger partial charge in [-0.15, -0.1) is 0 Å². The van der Waals surface area contributed by atoms with Crippen molar-refractivity contribution in [1.82, 2.24) is 4.98 Å². The van der Waals surface area contributed by atoms with Gasteiger partial charge in [-0.05, 0) is 36.6 Å². The molecule has 0 aromatic carbocycles. The highest BCUT2D eigenvalue weighted by Gasteiger charge is 2.01. The van der Waals surface area contributed by atoms with Crippen molar-refractivity contribution in [1.29, 1.82) is 0 Å². The van der Waals surface area contributed by atoms with Crippen LogP contribution in [0.25, 0.3) is 0 Å². The fourth-order valence-corrected chi connectivity index (χ4v) is 1.02. The molecule has 0 amide bonds. The number of aromatic nitrogens is 1. The SMILES string of the molecule is C=C(C)C(=O)CCc1ccncc1. The summed E-state index contributed by atoms with van der Waals surface area (Å²) < 4.78 is 0. The van der Waals surface area contributed by atoms with Crippen LogP contribution in [0.15, 0.2) is 36.7 Å². The quantitative estimate of drug-likeness (QED) is 0.656. The molecular weight excluding hydrogens is 162 g/mol. The van der Waals surface area contributed by atoms with Gasteiger partial charge in [-0.25, -0.2) is 0 Å². The monoisotopic (exact) mass is 175 g/mol. The standard InChI is InChI=1S/C11H13NO/c1-9(2)11(13)4-3-10-5-7-12-8-6-10/h5-8H,1,3-4H2,2H3. The van der Waals surface area contributed by atoms with Crippen LogP contribution in [-0.4, -0.2) is 10.8 Å². The van der Waals surface area contributed by atoms with Gasteiger partial charge in [0.15, 0.2) is 5.78 Å². The van der Waals surface area contributed by atoms with Crippen LogP contribution in [0.1, 0.15) is 18.9 Å². The number of carbonyl (C=O) groups is 1. The molecular formula is C11H13NO. The van der Waals surface area contributed by atoms with E-state index in [1.807, 2.05) is 12.1 Å². The van der Waals surface area contributed by atoms with Gasteiger partial charge in [0.2, 0.25) is 0 Å². The molecule has 0 saturated carbocycles. The number of ketones is 1. The van der Waals surface area contributed by atoms with Gasteiger partial charge >= 0.3 is 0 Å². The Morgan fingerprint density at radius 1 is 1.46 bits per heavy atom. The van der Waals surface area contributed by atoms with E-state index in [0.717, 1.165) is 12.0 Å². The lowest BCUT2D eigenvalue weighted by atomic mass is 10.1. The van der Waals surface area contributed by atoms with Crippen LogP contribution in [0.3, 0.4) is 0 Å². The van der Waals surface area contributed by atoms with Crippen LogP contribution in [0, 0.1) is 0 Å². The van der Waals surface area contributed by atoms with Crippen molar-refractivity contribution in [2.45, 2.75) is 19.8 Å². The van der Waals surface area contributed by atoms with Crippen LogP contribution in [0.2, 0.25) is 0 Å². The maximum absolute atomic E-state index is 11.2. The van der Waals surface area contributed by atoms with E-state index < -0.39 is 0 Å². The van der Waals surface area contributed by atoms with E-state index in [1.165, 1.54) is 0 Å². The topological polar surface area (TPSA) is 30.0 Å². The second kappa shape index (κ2) is 4.55. The summed E-state index contributed by atoms with van der Waals surface area (Å²) in [5, 5.41) is 0. The smallest absolute Gasteiger partial charge is 0.158 e. The molecule has 0 N–H and O–H groups in total. The summed E-state index contributed by atoms with van der Waals surface area (Å²) in [7, 11) is 0. The van der Waals surface area contributed by atoms with Crippen LogP contribution in [0.4, 0.5) is 0 Å². The highest BCUT2D eigenvalue weighted by atomic mass is 16.1. The van der Waals surface area contributed by atoms with E-state index in [2.05, 4.69) is 11.6 Å². The second-order valence-electron chi connectivity index (χ2n) is 3.06. The molecule has 0 atom stereocenters. The molecule has 68 valence electrons.